The maximum atomic E-state index is 11.5. The average molecular weight is 273 g/mol. The van der Waals surface area contributed by atoms with Gasteiger partial charge in [0.15, 0.2) is 5.82 Å². The minimum atomic E-state index is 0.142. The van der Waals surface area contributed by atoms with Gasteiger partial charge in [0.25, 0.3) is 0 Å². The van der Waals surface area contributed by atoms with Crippen LogP contribution in [0.2, 0.25) is 0 Å². The van der Waals surface area contributed by atoms with E-state index in [2.05, 4.69) is 15.3 Å². The van der Waals surface area contributed by atoms with Gasteiger partial charge in [-0.15, -0.1) is 0 Å². The summed E-state index contributed by atoms with van der Waals surface area (Å²) < 4.78 is 2.02. The maximum absolute atomic E-state index is 11.5. The number of fused-ring (bicyclic) bond motifs is 1. The number of aromatic nitrogens is 3. The topological polar surface area (TPSA) is 63.1 Å². The number of amides is 1. The number of anilines is 1. The van der Waals surface area contributed by atoms with Gasteiger partial charge in [-0.25, -0.2) is 9.97 Å². The lowest BCUT2D eigenvalue weighted by Crippen LogP contribution is -2.44. The molecule has 1 atom stereocenters. The molecule has 0 saturated carbocycles. The summed E-state index contributed by atoms with van der Waals surface area (Å²) in [5.74, 6) is 0.987. The number of aryl methyl sites for hydroxylation is 1. The van der Waals surface area contributed by atoms with Gasteiger partial charge in [-0.3, -0.25) is 4.79 Å². The average Bonchev–Trinajstić information content (AvgIpc) is 2.82. The molecule has 0 unspecified atom stereocenters. The SMILES string of the molecule is CC(=O)N1CCC[C@@H](Nc2ncnc3ccn(C)c23)C1. The molecule has 2 aromatic heterocycles. The lowest BCUT2D eigenvalue weighted by Gasteiger charge is -2.32. The van der Waals surface area contributed by atoms with Gasteiger partial charge in [0.1, 0.15) is 11.8 Å². The van der Waals surface area contributed by atoms with Gasteiger partial charge in [-0.2, -0.15) is 0 Å². The second-order valence-corrected chi connectivity index (χ2v) is 5.33. The van der Waals surface area contributed by atoms with Crippen molar-refractivity contribution in [3.63, 3.8) is 0 Å². The van der Waals surface area contributed by atoms with Crippen molar-refractivity contribution in [1.82, 2.24) is 19.4 Å². The first-order chi connectivity index (χ1) is 9.65. The molecule has 1 saturated heterocycles. The van der Waals surface area contributed by atoms with Crippen LogP contribution in [0, 0.1) is 0 Å². The predicted octanol–water partition coefficient (Wildman–Crippen LogP) is 1.39. The van der Waals surface area contributed by atoms with Crippen LogP contribution < -0.4 is 5.32 Å². The molecule has 20 heavy (non-hydrogen) atoms. The van der Waals surface area contributed by atoms with Crippen molar-refractivity contribution >= 4 is 22.8 Å². The van der Waals surface area contributed by atoms with Crippen LogP contribution in [0.4, 0.5) is 5.82 Å². The molecule has 1 fully saturated rings. The number of nitrogens with one attached hydrogen (secondary N) is 1. The first-order valence-corrected chi connectivity index (χ1v) is 6.93. The number of hydrogen-bond acceptors (Lipinski definition) is 4. The van der Waals surface area contributed by atoms with Crippen molar-refractivity contribution in [3.05, 3.63) is 18.6 Å². The minimum Gasteiger partial charge on any atom is -0.364 e. The van der Waals surface area contributed by atoms with Crippen molar-refractivity contribution in [2.75, 3.05) is 18.4 Å². The van der Waals surface area contributed by atoms with Gasteiger partial charge < -0.3 is 14.8 Å². The summed E-state index contributed by atoms with van der Waals surface area (Å²) in [6, 6.07) is 2.23. The molecule has 3 heterocycles. The van der Waals surface area contributed by atoms with E-state index < -0.39 is 0 Å². The number of hydrogen-bond donors (Lipinski definition) is 1. The largest absolute Gasteiger partial charge is 0.364 e. The monoisotopic (exact) mass is 273 g/mol. The molecule has 6 heteroatoms. The molecule has 1 N–H and O–H groups in total. The smallest absolute Gasteiger partial charge is 0.219 e. The van der Waals surface area contributed by atoms with E-state index in [4.69, 9.17) is 0 Å². The van der Waals surface area contributed by atoms with Crippen LogP contribution in [0.1, 0.15) is 19.8 Å². The van der Waals surface area contributed by atoms with E-state index >= 15 is 0 Å². The summed E-state index contributed by atoms with van der Waals surface area (Å²) >= 11 is 0. The highest BCUT2D eigenvalue weighted by Crippen LogP contribution is 2.22. The fraction of sp³-hybridized carbons (Fsp3) is 0.500. The van der Waals surface area contributed by atoms with Gasteiger partial charge in [0.05, 0.1) is 5.52 Å². The Hall–Kier alpha value is -2.11. The molecular formula is C14H19N5O. The standard InChI is InChI=1S/C14H19N5O/c1-10(20)19-6-3-4-11(8-19)17-14-13-12(15-9-16-14)5-7-18(13)2/h5,7,9,11H,3-4,6,8H2,1-2H3,(H,15,16,17)/t11-/m1/s1. The zero-order chi connectivity index (χ0) is 14.1. The lowest BCUT2D eigenvalue weighted by molar-refractivity contribution is -0.129. The molecule has 2 aromatic rings. The summed E-state index contributed by atoms with van der Waals surface area (Å²) in [7, 11) is 1.99. The molecule has 1 aliphatic rings. The van der Waals surface area contributed by atoms with E-state index in [9.17, 15) is 4.79 Å². The molecular weight excluding hydrogens is 254 g/mol. The molecule has 0 spiro atoms. The van der Waals surface area contributed by atoms with E-state index in [0.29, 0.717) is 0 Å². The normalized spacial score (nSPS) is 19.3. The Bertz CT molecular complexity index is 636. The van der Waals surface area contributed by atoms with E-state index in [-0.39, 0.29) is 11.9 Å². The Morgan fingerprint density at radius 3 is 3.10 bits per heavy atom. The van der Waals surface area contributed by atoms with Gasteiger partial charge in [0.2, 0.25) is 5.91 Å². The zero-order valence-electron chi connectivity index (χ0n) is 11.8. The molecule has 106 valence electrons. The number of piperidine rings is 1. The van der Waals surface area contributed by atoms with Crippen LogP contribution in [-0.2, 0) is 11.8 Å². The number of nitrogens with zero attached hydrogens (tertiary/aromatic N) is 4. The second-order valence-electron chi connectivity index (χ2n) is 5.33. The van der Waals surface area contributed by atoms with Crippen LogP contribution in [0.5, 0.6) is 0 Å². The Kier molecular flexibility index (Phi) is 3.30. The molecule has 1 aliphatic heterocycles. The number of rotatable bonds is 2. The summed E-state index contributed by atoms with van der Waals surface area (Å²) in [5, 5.41) is 3.47. The molecule has 0 radical (unpaired) electrons. The molecule has 0 bridgehead atoms. The van der Waals surface area contributed by atoms with Crippen molar-refractivity contribution in [2.45, 2.75) is 25.8 Å². The first-order valence-electron chi connectivity index (χ1n) is 6.93. The van der Waals surface area contributed by atoms with E-state index in [1.165, 1.54) is 0 Å². The molecule has 6 nitrogen and oxygen atoms in total. The fourth-order valence-electron chi connectivity index (χ4n) is 2.80. The van der Waals surface area contributed by atoms with E-state index in [1.54, 1.807) is 13.3 Å². The second kappa shape index (κ2) is 5.11. The Labute approximate surface area is 117 Å². The minimum absolute atomic E-state index is 0.142. The van der Waals surface area contributed by atoms with Crippen LogP contribution in [0.15, 0.2) is 18.6 Å². The van der Waals surface area contributed by atoms with Crippen LogP contribution in [0.3, 0.4) is 0 Å². The Morgan fingerprint density at radius 1 is 1.45 bits per heavy atom. The van der Waals surface area contributed by atoms with Crippen molar-refractivity contribution < 1.29 is 4.79 Å². The van der Waals surface area contributed by atoms with Gasteiger partial charge >= 0.3 is 0 Å². The fourth-order valence-corrected chi connectivity index (χ4v) is 2.80. The first kappa shape index (κ1) is 12.9. The highest BCUT2D eigenvalue weighted by Gasteiger charge is 2.22. The Balaban J connectivity index is 1.82. The van der Waals surface area contributed by atoms with Crippen LogP contribution in [0.25, 0.3) is 11.0 Å². The summed E-state index contributed by atoms with van der Waals surface area (Å²) in [4.78, 5) is 22.0. The van der Waals surface area contributed by atoms with Gasteiger partial charge in [-0.1, -0.05) is 0 Å². The van der Waals surface area contributed by atoms with E-state index in [1.807, 2.05) is 28.8 Å². The number of carbonyl (C=O) groups excluding carboxylic acids is 1. The molecule has 0 aromatic carbocycles. The third kappa shape index (κ3) is 2.33. The maximum Gasteiger partial charge on any atom is 0.219 e. The van der Waals surface area contributed by atoms with Crippen LogP contribution >= 0.6 is 0 Å². The zero-order valence-corrected chi connectivity index (χ0v) is 11.8. The summed E-state index contributed by atoms with van der Waals surface area (Å²) in [6.07, 6.45) is 5.64. The molecule has 0 aliphatic carbocycles. The molecule has 1 amide bonds. The Morgan fingerprint density at radius 2 is 2.30 bits per heavy atom. The van der Waals surface area contributed by atoms with Gasteiger partial charge in [-0.05, 0) is 18.9 Å². The molecule has 3 rings (SSSR count). The van der Waals surface area contributed by atoms with Crippen molar-refractivity contribution in [1.29, 1.82) is 0 Å². The highest BCUT2D eigenvalue weighted by molar-refractivity contribution is 5.86. The van der Waals surface area contributed by atoms with Gasteiger partial charge in [0, 0.05) is 39.3 Å². The summed E-state index contributed by atoms with van der Waals surface area (Å²) in [5.41, 5.74) is 1.94. The number of carbonyl (C=O) groups is 1. The van der Waals surface area contributed by atoms with Crippen LogP contribution in [-0.4, -0.2) is 44.5 Å². The van der Waals surface area contributed by atoms with E-state index in [0.717, 1.165) is 42.8 Å². The third-order valence-corrected chi connectivity index (χ3v) is 3.87. The lowest BCUT2D eigenvalue weighted by atomic mass is 10.1. The number of likely N-dealkylation sites (tertiary alicyclic amines) is 1. The summed E-state index contributed by atoms with van der Waals surface area (Å²) in [6.45, 7) is 3.23. The highest BCUT2D eigenvalue weighted by atomic mass is 16.2. The third-order valence-electron chi connectivity index (χ3n) is 3.87. The predicted molar refractivity (Wildman–Crippen MR) is 77.4 cm³/mol. The van der Waals surface area contributed by atoms with Crippen molar-refractivity contribution in [2.24, 2.45) is 7.05 Å². The quantitative estimate of drug-likeness (QED) is 0.898. The van der Waals surface area contributed by atoms with Crippen molar-refractivity contribution in [3.8, 4) is 0 Å².